The lowest BCUT2D eigenvalue weighted by Crippen LogP contribution is -2.07. The van der Waals surface area contributed by atoms with Gasteiger partial charge in [0.15, 0.2) is 0 Å². The molecule has 10 nitrogen and oxygen atoms in total. The number of hydrogen-bond acceptors (Lipinski definition) is 9. The molecule has 5 aromatic carbocycles. The summed E-state index contributed by atoms with van der Waals surface area (Å²) in [6.07, 6.45) is 1.77. The largest absolute Gasteiger partial charge is 0.324 e. The maximum absolute atomic E-state index is 11.0. The summed E-state index contributed by atoms with van der Waals surface area (Å²) in [5.41, 5.74) is 6.37. The van der Waals surface area contributed by atoms with Gasteiger partial charge in [-0.2, -0.15) is 20.1 Å². The van der Waals surface area contributed by atoms with Gasteiger partial charge in [0.2, 0.25) is 17.8 Å². The summed E-state index contributed by atoms with van der Waals surface area (Å²) in [5.74, 6) is 0.742. The zero-order chi connectivity index (χ0) is 28.2. The number of hydrogen-bond donors (Lipinski definition) is 3. The van der Waals surface area contributed by atoms with Crippen LogP contribution in [0, 0.1) is 17.0 Å². The van der Waals surface area contributed by atoms with E-state index in [1.165, 1.54) is 12.1 Å². The second kappa shape index (κ2) is 11.1. The van der Waals surface area contributed by atoms with Gasteiger partial charge in [0, 0.05) is 29.1 Å². The molecule has 0 saturated carbocycles. The molecule has 1 heterocycles. The van der Waals surface area contributed by atoms with Crippen molar-refractivity contribution < 1.29 is 4.92 Å². The summed E-state index contributed by atoms with van der Waals surface area (Å²) in [6.45, 7) is 1.98. The molecule has 10 heteroatoms. The standard InChI is InChI=1S/C31H24N8O2/c1-20-8-2-7-13-28(20)34-30-35-29(33-23-14-16-24(17-15-23)39(40)41)36-31(37-30)38-32-19-27-25-11-5-3-9-21(25)18-22-10-4-6-12-26(22)27/h2-19H,1H3,(H3,33,34,35,36,37,38). The number of aryl methyl sites for hydroxylation is 1. The summed E-state index contributed by atoms with van der Waals surface area (Å²) in [4.78, 5) is 24.1. The van der Waals surface area contributed by atoms with E-state index in [9.17, 15) is 10.1 Å². The average Bonchev–Trinajstić information content (AvgIpc) is 2.98. The minimum Gasteiger partial charge on any atom is -0.324 e. The summed E-state index contributed by atoms with van der Waals surface area (Å²) in [7, 11) is 0. The number of rotatable bonds is 8. The van der Waals surface area contributed by atoms with Crippen LogP contribution in [0.5, 0.6) is 0 Å². The summed E-state index contributed by atoms with van der Waals surface area (Å²) in [5, 5.41) is 26.2. The number of aromatic nitrogens is 3. The van der Waals surface area contributed by atoms with E-state index in [0.29, 0.717) is 11.6 Å². The fraction of sp³-hybridized carbons (Fsp3) is 0.0323. The molecule has 3 N–H and O–H groups in total. The Kier molecular flexibility index (Phi) is 6.85. The maximum Gasteiger partial charge on any atom is 0.269 e. The Morgan fingerprint density at radius 1 is 0.732 bits per heavy atom. The number of fused-ring (bicyclic) bond motifs is 2. The lowest BCUT2D eigenvalue weighted by molar-refractivity contribution is -0.384. The fourth-order valence-corrected chi connectivity index (χ4v) is 4.51. The number of benzene rings is 5. The van der Waals surface area contributed by atoms with Crippen molar-refractivity contribution in [2.24, 2.45) is 5.10 Å². The first-order valence-corrected chi connectivity index (χ1v) is 12.8. The van der Waals surface area contributed by atoms with Gasteiger partial charge >= 0.3 is 0 Å². The van der Waals surface area contributed by atoms with Crippen LogP contribution in [0.2, 0.25) is 0 Å². The number of hydrazone groups is 1. The van der Waals surface area contributed by atoms with Gasteiger partial charge in [-0.3, -0.25) is 10.1 Å². The smallest absolute Gasteiger partial charge is 0.269 e. The first-order chi connectivity index (χ1) is 20.0. The van der Waals surface area contributed by atoms with Crippen LogP contribution in [0.15, 0.2) is 108 Å². The number of nitro groups is 1. The van der Waals surface area contributed by atoms with E-state index in [4.69, 9.17) is 0 Å². The van der Waals surface area contributed by atoms with Crippen LogP contribution in [0.3, 0.4) is 0 Å². The third-order valence-electron chi connectivity index (χ3n) is 6.53. The number of non-ortho nitro benzene ring substituents is 1. The minimum absolute atomic E-state index is 0.00856. The molecule has 0 saturated heterocycles. The lowest BCUT2D eigenvalue weighted by Gasteiger charge is -2.11. The summed E-state index contributed by atoms with van der Waals surface area (Å²) in [6, 6.07) is 32.3. The molecule has 0 atom stereocenters. The van der Waals surface area contributed by atoms with Crippen LogP contribution in [-0.4, -0.2) is 26.1 Å². The molecule has 0 bridgehead atoms. The Hall–Kier alpha value is -5.90. The van der Waals surface area contributed by atoms with E-state index in [2.05, 4.69) is 66.4 Å². The van der Waals surface area contributed by atoms with Crippen molar-refractivity contribution in [3.8, 4) is 0 Å². The van der Waals surface area contributed by atoms with Crippen LogP contribution >= 0.6 is 0 Å². The van der Waals surface area contributed by atoms with Crippen molar-refractivity contribution in [3.05, 3.63) is 124 Å². The molecule has 0 spiro atoms. The van der Waals surface area contributed by atoms with Crippen LogP contribution in [0.1, 0.15) is 11.1 Å². The van der Waals surface area contributed by atoms with Gasteiger partial charge in [-0.1, -0.05) is 66.7 Å². The quantitative estimate of drug-likeness (QED) is 0.0792. The number of nitro benzene ring substituents is 1. The molecule has 0 aliphatic heterocycles. The zero-order valence-electron chi connectivity index (χ0n) is 21.9. The molecule has 0 radical (unpaired) electrons. The van der Waals surface area contributed by atoms with Gasteiger partial charge in [0.25, 0.3) is 5.69 Å². The van der Waals surface area contributed by atoms with Crippen molar-refractivity contribution in [3.63, 3.8) is 0 Å². The second-order valence-corrected chi connectivity index (χ2v) is 9.28. The van der Waals surface area contributed by atoms with E-state index in [0.717, 1.165) is 38.4 Å². The maximum atomic E-state index is 11.0. The van der Waals surface area contributed by atoms with E-state index in [-0.39, 0.29) is 17.6 Å². The molecule has 0 unspecified atom stereocenters. The second-order valence-electron chi connectivity index (χ2n) is 9.28. The van der Waals surface area contributed by atoms with E-state index in [1.54, 1.807) is 18.3 Å². The Morgan fingerprint density at radius 2 is 1.32 bits per heavy atom. The number of para-hydroxylation sites is 1. The van der Waals surface area contributed by atoms with Crippen molar-refractivity contribution in [1.82, 2.24) is 15.0 Å². The Labute approximate surface area is 235 Å². The summed E-state index contributed by atoms with van der Waals surface area (Å²) < 4.78 is 0. The first kappa shape index (κ1) is 25.4. The van der Waals surface area contributed by atoms with Crippen molar-refractivity contribution >= 4 is 62.7 Å². The molecule has 6 rings (SSSR count). The Morgan fingerprint density at radius 3 is 1.98 bits per heavy atom. The molecule has 6 aromatic rings. The SMILES string of the molecule is Cc1ccccc1Nc1nc(NN=Cc2c3ccccc3cc3ccccc23)nc(Nc2ccc([N+](=O)[O-])cc2)n1. The van der Waals surface area contributed by atoms with Gasteiger partial charge in [0.1, 0.15) is 0 Å². The highest BCUT2D eigenvalue weighted by Gasteiger charge is 2.11. The van der Waals surface area contributed by atoms with Crippen molar-refractivity contribution in [2.45, 2.75) is 6.92 Å². The van der Waals surface area contributed by atoms with Gasteiger partial charge < -0.3 is 10.6 Å². The lowest BCUT2D eigenvalue weighted by atomic mass is 9.97. The predicted molar refractivity (Wildman–Crippen MR) is 163 cm³/mol. The van der Waals surface area contributed by atoms with E-state index in [1.807, 2.05) is 55.5 Å². The zero-order valence-corrected chi connectivity index (χ0v) is 21.9. The number of nitrogens with one attached hydrogen (secondary N) is 3. The monoisotopic (exact) mass is 540 g/mol. The number of nitrogens with zero attached hydrogens (tertiary/aromatic N) is 5. The highest BCUT2D eigenvalue weighted by molar-refractivity contribution is 6.13. The van der Waals surface area contributed by atoms with Crippen molar-refractivity contribution in [2.75, 3.05) is 16.1 Å². The van der Waals surface area contributed by atoms with Crippen molar-refractivity contribution in [1.29, 1.82) is 0 Å². The Bertz CT molecular complexity index is 1870. The van der Waals surface area contributed by atoms with Crippen LogP contribution in [-0.2, 0) is 0 Å². The Balaban J connectivity index is 1.34. The predicted octanol–water partition coefficient (Wildman–Crippen LogP) is 7.33. The molecule has 0 aliphatic carbocycles. The highest BCUT2D eigenvalue weighted by atomic mass is 16.6. The third-order valence-corrected chi connectivity index (χ3v) is 6.53. The molecule has 200 valence electrons. The molecular formula is C31H24N8O2. The van der Waals surface area contributed by atoms with Crippen LogP contribution < -0.4 is 16.1 Å². The normalized spacial score (nSPS) is 11.1. The number of anilines is 5. The first-order valence-electron chi connectivity index (χ1n) is 12.8. The molecule has 0 fully saturated rings. The molecule has 1 aromatic heterocycles. The fourth-order valence-electron chi connectivity index (χ4n) is 4.51. The van der Waals surface area contributed by atoms with Gasteiger partial charge in [0.05, 0.1) is 11.1 Å². The van der Waals surface area contributed by atoms with Crippen LogP contribution in [0.4, 0.5) is 34.9 Å². The molecule has 0 aliphatic rings. The molecule has 0 amide bonds. The van der Waals surface area contributed by atoms with Gasteiger partial charge in [-0.25, -0.2) is 5.43 Å². The highest BCUT2D eigenvalue weighted by Crippen LogP contribution is 2.27. The summed E-state index contributed by atoms with van der Waals surface area (Å²) >= 11 is 0. The molecular weight excluding hydrogens is 516 g/mol. The topological polar surface area (TPSA) is 130 Å². The minimum atomic E-state index is -0.448. The van der Waals surface area contributed by atoms with Crippen LogP contribution in [0.25, 0.3) is 21.5 Å². The van der Waals surface area contributed by atoms with Gasteiger partial charge in [-0.15, -0.1) is 0 Å². The van der Waals surface area contributed by atoms with E-state index < -0.39 is 4.92 Å². The average molecular weight is 541 g/mol. The van der Waals surface area contributed by atoms with E-state index >= 15 is 0 Å². The van der Waals surface area contributed by atoms with Gasteiger partial charge in [-0.05, 0) is 58.3 Å². The third kappa shape index (κ3) is 5.62. The molecule has 41 heavy (non-hydrogen) atoms.